The lowest BCUT2D eigenvalue weighted by molar-refractivity contribution is -0.136. The molecule has 1 aliphatic heterocycles. The normalized spacial score (nSPS) is 18.7. The van der Waals surface area contributed by atoms with Crippen molar-refractivity contribution in [2.45, 2.75) is 39.0 Å². The van der Waals surface area contributed by atoms with Gasteiger partial charge in [-0.2, -0.15) is 0 Å². The molecule has 1 aromatic rings. The Morgan fingerprint density at radius 1 is 1.43 bits per heavy atom. The number of aryl methyl sites for hydroxylation is 1. The van der Waals surface area contributed by atoms with Crippen LogP contribution in [-0.4, -0.2) is 48.7 Å². The Morgan fingerprint density at radius 2 is 2.22 bits per heavy atom. The molecule has 0 aliphatic carbocycles. The fourth-order valence-electron chi connectivity index (χ4n) is 3.15. The number of amides is 1. The van der Waals surface area contributed by atoms with Gasteiger partial charge >= 0.3 is 5.97 Å². The van der Waals surface area contributed by atoms with Gasteiger partial charge in [-0.1, -0.05) is 6.42 Å². The standard InChI is InChI=1S/C17H25NO5/c1-12-11-23-14(9-15(19)20)16(12)17(21)18-7-4-3-5-13(10-18)6-8-22-2/h11,13H,3-10H2,1-2H3,(H,19,20). The van der Waals surface area contributed by atoms with Crippen molar-refractivity contribution >= 4 is 11.9 Å². The third kappa shape index (κ3) is 4.58. The van der Waals surface area contributed by atoms with Crippen LogP contribution in [0.15, 0.2) is 10.7 Å². The number of methoxy groups -OCH3 is 1. The topological polar surface area (TPSA) is 80.0 Å². The van der Waals surface area contributed by atoms with E-state index in [1.54, 1.807) is 14.0 Å². The van der Waals surface area contributed by atoms with Gasteiger partial charge in [-0.05, 0) is 32.1 Å². The number of carboxylic acid groups (broad SMARTS) is 1. The fourth-order valence-corrected chi connectivity index (χ4v) is 3.15. The van der Waals surface area contributed by atoms with Crippen LogP contribution in [0.25, 0.3) is 0 Å². The fraction of sp³-hybridized carbons (Fsp3) is 0.647. The summed E-state index contributed by atoms with van der Waals surface area (Å²) in [6.07, 6.45) is 5.30. The van der Waals surface area contributed by atoms with E-state index in [9.17, 15) is 9.59 Å². The minimum Gasteiger partial charge on any atom is -0.481 e. The average molecular weight is 323 g/mol. The first-order valence-electron chi connectivity index (χ1n) is 8.10. The van der Waals surface area contributed by atoms with Crippen LogP contribution in [0.2, 0.25) is 0 Å². The molecule has 1 aliphatic rings. The lowest BCUT2D eigenvalue weighted by atomic mass is 10.00. The lowest BCUT2D eigenvalue weighted by Gasteiger charge is -2.24. The summed E-state index contributed by atoms with van der Waals surface area (Å²) < 4.78 is 10.4. The molecule has 0 saturated carbocycles. The van der Waals surface area contributed by atoms with E-state index in [1.807, 2.05) is 4.90 Å². The van der Waals surface area contributed by atoms with Crippen LogP contribution in [0.3, 0.4) is 0 Å². The van der Waals surface area contributed by atoms with E-state index in [-0.39, 0.29) is 18.1 Å². The number of furan rings is 1. The highest BCUT2D eigenvalue weighted by atomic mass is 16.5. The van der Waals surface area contributed by atoms with Crippen LogP contribution in [0.1, 0.15) is 47.4 Å². The first-order valence-corrected chi connectivity index (χ1v) is 8.10. The lowest BCUT2D eigenvalue weighted by Crippen LogP contribution is -2.35. The number of aliphatic carboxylic acids is 1. The van der Waals surface area contributed by atoms with Crippen LogP contribution in [0.5, 0.6) is 0 Å². The molecule has 23 heavy (non-hydrogen) atoms. The number of carbonyl (C=O) groups is 2. The number of likely N-dealkylation sites (tertiary alicyclic amines) is 1. The molecule has 1 saturated heterocycles. The molecule has 2 heterocycles. The Balaban J connectivity index is 2.14. The van der Waals surface area contributed by atoms with E-state index in [2.05, 4.69) is 0 Å². The molecule has 1 unspecified atom stereocenters. The highest BCUT2D eigenvalue weighted by Gasteiger charge is 2.28. The predicted molar refractivity (Wildman–Crippen MR) is 84.5 cm³/mol. The van der Waals surface area contributed by atoms with Crippen LogP contribution >= 0.6 is 0 Å². The Morgan fingerprint density at radius 3 is 2.91 bits per heavy atom. The third-order valence-corrected chi connectivity index (χ3v) is 4.36. The van der Waals surface area contributed by atoms with Gasteiger partial charge in [0.2, 0.25) is 0 Å². The van der Waals surface area contributed by atoms with E-state index < -0.39 is 5.97 Å². The zero-order chi connectivity index (χ0) is 16.8. The number of carbonyl (C=O) groups excluding carboxylic acids is 1. The second-order valence-corrected chi connectivity index (χ2v) is 6.18. The molecule has 128 valence electrons. The van der Waals surface area contributed by atoms with Crippen LogP contribution in [0.4, 0.5) is 0 Å². The van der Waals surface area contributed by atoms with Crippen LogP contribution in [-0.2, 0) is 16.0 Å². The summed E-state index contributed by atoms with van der Waals surface area (Å²) in [7, 11) is 1.69. The summed E-state index contributed by atoms with van der Waals surface area (Å²) in [6, 6.07) is 0. The van der Waals surface area contributed by atoms with Crippen molar-refractivity contribution in [3.63, 3.8) is 0 Å². The largest absolute Gasteiger partial charge is 0.481 e. The minimum absolute atomic E-state index is 0.114. The molecule has 0 bridgehead atoms. The highest BCUT2D eigenvalue weighted by molar-refractivity contribution is 5.97. The first kappa shape index (κ1) is 17.5. The maximum Gasteiger partial charge on any atom is 0.311 e. The average Bonchev–Trinajstić information content (AvgIpc) is 2.73. The number of carboxylic acids is 1. The quantitative estimate of drug-likeness (QED) is 0.870. The molecule has 0 aromatic carbocycles. The van der Waals surface area contributed by atoms with E-state index >= 15 is 0 Å². The van der Waals surface area contributed by atoms with E-state index in [4.69, 9.17) is 14.3 Å². The van der Waals surface area contributed by atoms with Gasteiger partial charge in [0.15, 0.2) is 0 Å². The summed E-state index contributed by atoms with van der Waals surface area (Å²) >= 11 is 0. The summed E-state index contributed by atoms with van der Waals surface area (Å²) in [5.41, 5.74) is 1.11. The van der Waals surface area contributed by atoms with E-state index in [0.717, 1.165) is 25.7 Å². The number of ether oxygens (including phenoxy) is 1. The second kappa shape index (κ2) is 8.15. The summed E-state index contributed by atoms with van der Waals surface area (Å²) in [6.45, 7) is 3.88. The van der Waals surface area contributed by atoms with Crippen molar-refractivity contribution in [1.29, 1.82) is 0 Å². The molecule has 2 rings (SSSR count). The Labute approximate surface area is 136 Å². The van der Waals surface area contributed by atoms with Crippen molar-refractivity contribution in [2.24, 2.45) is 5.92 Å². The van der Waals surface area contributed by atoms with Crippen molar-refractivity contribution in [2.75, 3.05) is 26.8 Å². The Bertz CT molecular complexity index is 551. The molecular formula is C17H25NO5. The molecular weight excluding hydrogens is 298 g/mol. The number of nitrogens with zero attached hydrogens (tertiary/aromatic N) is 1. The molecule has 1 amide bonds. The zero-order valence-corrected chi connectivity index (χ0v) is 13.8. The van der Waals surface area contributed by atoms with Crippen molar-refractivity contribution in [1.82, 2.24) is 4.90 Å². The molecule has 6 nitrogen and oxygen atoms in total. The van der Waals surface area contributed by atoms with Crippen molar-refractivity contribution in [3.05, 3.63) is 23.2 Å². The Hall–Kier alpha value is -1.82. The highest BCUT2D eigenvalue weighted by Crippen LogP contribution is 2.24. The van der Waals surface area contributed by atoms with Gasteiger partial charge in [0.25, 0.3) is 5.91 Å². The summed E-state index contributed by atoms with van der Waals surface area (Å²) in [5.74, 6) is -0.437. The molecule has 1 atom stereocenters. The number of hydrogen-bond acceptors (Lipinski definition) is 4. The van der Waals surface area contributed by atoms with Gasteiger partial charge < -0.3 is 19.2 Å². The molecule has 1 aromatic heterocycles. The van der Waals surface area contributed by atoms with Crippen molar-refractivity contribution < 1.29 is 23.8 Å². The van der Waals surface area contributed by atoms with Gasteiger partial charge in [0, 0.05) is 32.4 Å². The monoisotopic (exact) mass is 323 g/mol. The second-order valence-electron chi connectivity index (χ2n) is 6.18. The number of hydrogen-bond donors (Lipinski definition) is 1. The van der Waals surface area contributed by atoms with Crippen molar-refractivity contribution in [3.8, 4) is 0 Å². The maximum absolute atomic E-state index is 12.9. The first-order chi connectivity index (χ1) is 11.0. The van der Waals surface area contributed by atoms with Gasteiger partial charge in [-0.25, -0.2) is 0 Å². The maximum atomic E-state index is 12.9. The Kier molecular flexibility index (Phi) is 6.21. The SMILES string of the molecule is COCCC1CCCCN(C(=O)c2c(C)coc2CC(=O)O)C1. The van der Waals surface area contributed by atoms with Gasteiger partial charge in [-0.15, -0.1) is 0 Å². The smallest absolute Gasteiger partial charge is 0.311 e. The summed E-state index contributed by atoms with van der Waals surface area (Å²) in [5, 5.41) is 8.98. The molecule has 6 heteroatoms. The molecule has 0 radical (unpaired) electrons. The van der Waals surface area contributed by atoms with E-state index in [0.29, 0.717) is 36.7 Å². The number of rotatable bonds is 6. The summed E-state index contributed by atoms with van der Waals surface area (Å²) in [4.78, 5) is 25.7. The van der Waals surface area contributed by atoms with E-state index in [1.165, 1.54) is 6.26 Å². The minimum atomic E-state index is -0.998. The molecule has 0 spiro atoms. The van der Waals surface area contributed by atoms with Crippen LogP contribution in [0, 0.1) is 12.8 Å². The molecule has 1 fully saturated rings. The van der Waals surface area contributed by atoms with Gasteiger partial charge in [0.1, 0.15) is 12.2 Å². The third-order valence-electron chi connectivity index (χ3n) is 4.36. The molecule has 1 N–H and O–H groups in total. The predicted octanol–water partition coefficient (Wildman–Crippen LogP) is 2.49. The zero-order valence-electron chi connectivity index (χ0n) is 13.8. The van der Waals surface area contributed by atoms with Gasteiger partial charge in [0.05, 0.1) is 11.8 Å². The van der Waals surface area contributed by atoms with Gasteiger partial charge in [-0.3, -0.25) is 9.59 Å². The van der Waals surface area contributed by atoms with Crippen LogP contribution < -0.4 is 0 Å².